The van der Waals surface area contributed by atoms with E-state index < -0.39 is 11.4 Å². The minimum absolute atomic E-state index is 0.0128. The smallest absolute Gasteiger partial charge is 0.311 e. The molecule has 0 bridgehead atoms. The summed E-state index contributed by atoms with van der Waals surface area (Å²) >= 11 is 0. The van der Waals surface area contributed by atoms with Crippen LogP contribution in [0.4, 0.5) is 0 Å². The summed E-state index contributed by atoms with van der Waals surface area (Å²) in [6.45, 7) is 4.14. The fourth-order valence-corrected chi connectivity index (χ4v) is 4.08. The fourth-order valence-electron chi connectivity index (χ4n) is 4.08. The van der Waals surface area contributed by atoms with E-state index >= 15 is 0 Å². The van der Waals surface area contributed by atoms with Crippen molar-refractivity contribution >= 4 is 11.8 Å². The van der Waals surface area contributed by atoms with Crippen molar-refractivity contribution in [3.63, 3.8) is 0 Å². The molecule has 23 heavy (non-hydrogen) atoms. The van der Waals surface area contributed by atoms with Crippen molar-refractivity contribution in [1.82, 2.24) is 4.90 Å². The van der Waals surface area contributed by atoms with E-state index in [9.17, 15) is 14.7 Å². The van der Waals surface area contributed by atoms with Crippen LogP contribution >= 0.6 is 0 Å². The molecule has 2 atom stereocenters. The highest BCUT2D eigenvalue weighted by Crippen LogP contribution is 2.48. The van der Waals surface area contributed by atoms with Crippen LogP contribution in [0.5, 0.6) is 5.75 Å². The monoisotopic (exact) mass is 317 g/mol. The van der Waals surface area contributed by atoms with Crippen LogP contribution in [0.15, 0.2) is 24.3 Å². The summed E-state index contributed by atoms with van der Waals surface area (Å²) in [7, 11) is 0. The van der Waals surface area contributed by atoms with Gasteiger partial charge in [0.2, 0.25) is 0 Å². The molecule has 2 fully saturated rings. The molecule has 0 spiro atoms. The third kappa shape index (κ3) is 2.98. The Morgan fingerprint density at radius 3 is 2.87 bits per heavy atom. The lowest BCUT2D eigenvalue weighted by atomic mass is 9.81. The first-order valence-electron chi connectivity index (χ1n) is 8.21. The Labute approximate surface area is 136 Å². The fraction of sp³-hybridized carbons (Fsp3) is 0.556. The van der Waals surface area contributed by atoms with Crippen LogP contribution in [-0.2, 0) is 4.79 Å². The number of ketones is 1. The van der Waals surface area contributed by atoms with Crippen molar-refractivity contribution in [2.24, 2.45) is 11.3 Å². The molecule has 1 aromatic carbocycles. The lowest BCUT2D eigenvalue weighted by Gasteiger charge is -2.23. The van der Waals surface area contributed by atoms with Crippen LogP contribution in [-0.4, -0.2) is 48.0 Å². The zero-order chi connectivity index (χ0) is 16.4. The number of aliphatic carboxylic acids is 1. The van der Waals surface area contributed by atoms with Gasteiger partial charge in [-0.1, -0.05) is 18.6 Å². The quantitative estimate of drug-likeness (QED) is 0.816. The molecule has 1 aromatic rings. The van der Waals surface area contributed by atoms with E-state index in [0.29, 0.717) is 31.0 Å². The SMILES string of the molecule is CC(=O)c1ccccc1OCCN1C[C@@H]2CCC[C@@]2(C(=O)O)C1. The Balaban J connectivity index is 1.57. The van der Waals surface area contributed by atoms with Gasteiger partial charge in [-0.25, -0.2) is 0 Å². The molecule has 0 amide bonds. The normalized spacial score (nSPS) is 26.9. The van der Waals surface area contributed by atoms with Gasteiger partial charge in [-0.3, -0.25) is 14.5 Å². The molecular formula is C18H23NO4. The van der Waals surface area contributed by atoms with Gasteiger partial charge < -0.3 is 9.84 Å². The van der Waals surface area contributed by atoms with Gasteiger partial charge in [0.1, 0.15) is 12.4 Å². The molecule has 0 unspecified atom stereocenters. The van der Waals surface area contributed by atoms with E-state index in [2.05, 4.69) is 4.90 Å². The van der Waals surface area contributed by atoms with Crippen LogP contribution in [0.2, 0.25) is 0 Å². The largest absolute Gasteiger partial charge is 0.491 e. The Kier molecular flexibility index (Phi) is 4.39. The van der Waals surface area contributed by atoms with Crippen LogP contribution in [0, 0.1) is 11.3 Å². The van der Waals surface area contributed by atoms with E-state index in [1.54, 1.807) is 12.1 Å². The first-order valence-corrected chi connectivity index (χ1v) is 8.21. The second-order valence-corrected chi connectivity index (χ2v) is 6.69. The summed E-state index contributed by atoms with van der Waals surface area (Å²) in [5, 5.41) is 9.60. The summed E-state index contributed by atoms with van der Waals surface area (Å²) < 4.78 is 5.77. The number of para-hydroxylation sites is 1. The Hall–Kier alpha value is -1.88. The predicted octanol–water partition coefficient (Wildman–Crippen LogP) is 2.45. The van der Waals surface area contributed by atoms with Crippen molar-refractivity contribution in [1.29, 1.82) is 0 Å². The van der Waals surface area contributed by atoms with Gasteiger partial charge in [-0.05, 0) is 37.8 Å². The number of carbonyl (C=O) groups is 2. The van der Waals surface area contributed by atoms with Crippen molar-refractivity contribution in [3.8, 4) is 5.75 Å². The lowest BCUT2D eigenvalue weighted by Crippen LogP contribution is -2.36. The summed E-state index contributed by atoms with van der Waals surface area (Å²) in [4.78, 5) is 25.4. The van der Waals surface area contributed by atoms with Crippen LogP contribution in [0.25, 0.3) is 0 Å². The first-order chi connectivity index (χ1) is 11.0. The number of likely N-dealkylation sites (tertiary alicyclic amines) is 1. The Morgan fingerprint density at radius 1 is 1.39 bits per heavy atom. The summed E-state index contributed by atoms with van der Waals surface area (Å²) in [5.41, 5.74) is 0.0462. The third-order valence-electron chi connectivity index (χ3n) is 5.30. The number of hydrogen-bond donors (Lipinski definition) is 1. The molecule has 1 N–H and O–H groups in total. The minimum atomic E-state index is -0.648. The molecule has 5 heteroatoms. The van der Waals surface area contributed by atoms with E-state index in [4.69, 9.17) is 4.74 Å². The highest BCUT2D eigenvalue weighted by molar-refractivity contribution is 5.96. The number of Topliss-reactive ketones (excluding diaryl/α,β-unsaturated/α-hetero) is 1. The van der Waals surface area contributed by atoms with Gasteiger partial charge in [0.25, 0.3) is 0 Å². The molecule has 0 aromatic heterocycles. The van der Waals surface area contributed by atoms with Crippen LogP contribution in [0.3, 0.4) is 0 Å². The maximum absolute atomic E-state index is 11.7. The molecular weight excluding hydrogens is 294 g/mol. The van der Waals surface area contributed by atoms with Gasteiger partial charge in [0.05, 0.1) is 11.0 Å². The van der Waals surface area contributed by atoms with Crippen molar-refractivity contribution in [2.45, 2.75) is 26.2 Å². The first kappa shape index (κ1) is 16.0. The van der Waals surface area contributed by atoms with Crippen molar-refractivity contribution in [3.05, 3.63) is 29.8 Å². The number of nitrogens with zero attached hydrogens (tertiary/aromatic N) is 1. The van der Waals surface area contributed by atoms with Crippen molar-refractivity contribution < 1.29 is 19.4 Å². The van der Waals surface area contributed by atoms with Gasteiger partial charge >= 0.3 is 5.97 Å². The minimum Gasteiger partial charge on any atom is -0.491 e. The molecule has 124 valence electrons. The van der Waals surface area contributed by atoms with Gasteiger partial charge in [0, 0.05) is 19.6 Å². The number of carboxylic acid groups (broad SMARTS) is 1. The topological polar surface area (TPSA) is 66.8 Å². The molecule has 1 saturated carbocycles. The Morgan fingerprint density at radius 2 is 2.17 bits per heavy atom. The molecule has 1 heterocycles. The highest BCUT2D eigenvalue weighted by atomic mass is 16.5. The maximum atomic E-state index is 11.7. The molecule has 1 aliphatic carbocycles. The lowest BCUT2D eigenvalue weighted by molar-refractivity contribution is -0.149. The number of carbonyl (C=O) groups excluding carboxylic acids is 1. The molecule has 1 aliphatic heterocycles. The number of ether oxygens (including phenoxy) is 1. The standard InChI is InChI=1S/C18H23NO4/c1-13(20)15-6-2-3-7-16(15)23-10-9-19-11-14-5-4-8-18(14,12-19)17(21)22/h2-3,6-7,14H,4-5,8-12H2,1H3,(H,21,22)/t14-,18+/m0/s1. The molecule has 2 aliphatic rings. The van der Waals surface area contributed by atoms with E-state index in [1.807, 2.05) is 12.1 Å². The number of fused-ring (bicyclic) bond motifs is 1. The van der Waals surface area contributed by atoms with Gasteiger partial charge in [-0.15, -0.1) is 0 Å². The number of benzene rings is 1. The number of hydrogen-bond acceptors (Lipinski definition) is 4. The average Bonchev–Trinajstić information content (AvgIpc) is 3.05. The second-order valence-electron chi connectivity index (χ2n) is 6.69. The number of rotatable bonds is 6. The second kappa shape index (κ2) is 6.32. The zero-order valence-electron chi connectivity index (χ0n) is 13.5. The average molecular weight is 317 g/mol. The number of carboxylic acids is 1. The van der Waals surface area contributed by atoms with Crippen LogP contribution in [0.1, 0.15) is 36.5 Å². The van der Waals surface area contributed by atoms with Gasteiger partial charge in [-0.2, -0.15) is 0 Å². The highest BCUT2D eigenvalue weighted by Gasteiger charge is 2.54. The van der Waals surface area contributed by atoms with E-state index in [1.165, 1.54) is 6.92 Å². The predicted molar refractivity (Wildman–Crippen MR) is 85.8 cm³/mol. The molecule has 0 radical (unpaired) electrons. The van der Waals surface area contributed by atoms with Crippen molar-refractivity contribution in [2.75, 3.05) is 26.2 Å². The molecule has 3 rings (SSSR count). The van der Waals surface area contributed by atoms with E-state index in [0.717, 1.165) is 25.8 Å². The molecule has 1 saturated heterocycles. The summed E-state index contributed by atoms with van der Waals surface area (Å²) in [5.74, 6) is 0.211. The zero-order valence-corrected chi connectivity index (χ0v) is 13.5. The van der Waals surface area contributed by atoms with E-state index in [-0.39, 0.29) is 11.7 Å². The third-order valence-corrected chi connectivity index (χ3v) is 5.30. The maximum Gasteiger partial charge on any atom is 0.311 e. The summed E-state index contributed by atoms with van der Waals surface area (Å²) in [6, 6.07) is 7.23. The Bertz CT molecular complexity index is 615. The summed E-state index contributed by atoms with van der Waals surface area (Å²) in [6.07, 6.45) is 2.82. The molecule has 5 nitrogen and oxygen atoms in total. The van der Waals surface area contributed by atoms with Crippen LogP contribution < -0.4 is 4.74 Å². The van der Waals surface area contributed by atoms with Gasteiger partial charge in [0.15, 0.2) is 5.78 Å².